The first-order valence-electron chi connectivity index (χ1n) is 8.19. The first-order chi connectivity index (χ1) is 11.5. The van der Waals surface area contributed by atoms with E-state index in [2.05, 4.69) is 16.8 Å². The maximum atomic E-state index is 13.7. The average Bonchev–Trinajstić information content (AvgIpc) is 2.54. The van der Waals surface area contributed by atoms with Gasteiger partial charge in [0.1, 0.15) is 11.5 Å². The van der Waals surface area contributed by atoms with Crippen molar-refractivity contribution in [2.75, 3.05) is 18.1 Å². The zero-order valence-corrected chi connectivity index (χ0v) is 14.2. The maximum absolute atomic E-state index is 13.7. The van der Waals surface area contributed by atoms with Gasteiger partial charge in [-0.1, -0.05) is 0 Å². The fourth-order valence-corrected chi connectivity index (χ4v) is 3.25. The number of pyridine rings is 1. The molecule has 1 aromatic carbocycles. The van der Waals surface area contributed by atoms with Gasteiger partial charge in [-0.15, -0.1) is 0 Å². The van der Waals surface area contributed by atoms with Crippen LogP contribution in [0.1, 0.15) is 47.1 Å². The minimum atomic E-state index is -0.392. The van der Waals surface area contributed by atoms with Crippen molar-refractivity contribution in [2.45, 2.75) is 33.2 Å². The molecule has 0 radical (unpaired) electrons. The molecule has 0 bridgehead atoms. The van der Waals surface area contributed by atoms with Crippen molar-refractivity contribution in [3.63, 3.8) is 0 Å². The van der Waals surface area contributed by atoms with Gasteiger partial charge in [-0.2, -0.15) is 0 Å². The number of fused-ring (bicyclic) bond motifs is 1. The molecule has 1 aliphatic heterocycles. The van der Waals surface area contributed by atoms with Gasteiger partial charge in [0, 0.05) is 18.4 Å². The van der Waals surface area contributed by atoms with Crippen LogP contribution in [-0.2, 0) is 11.2 Å². The molecule has 0 amide bonds. The SMILES string of the molecule is CCOC(=O)c1cc2c(cn1)[C@@H](C)N(c1cc(C)cc(F)c1)CC2. The highest BCUT2D eigenvalue weighted by Gasteiger charge is 2.26. The van der Waals surface area contributed by atoms with E-state index in [0.717, 1.165) is 35.3 Å². The summed E-state index contributed by atoms with van der Waals surface area (Å²) in [5.41, 5.74) is 4.29. The Morgan fingerprint density at radius 3 is 2.88 bits per heavy atom. The number of anilines is 1. The van der Waals surface area contributed by atoms with Gasteiger partial charge in [-0.05, 0) is 68.1 Å². The molecule has 1 aliphatic rings. The average molecular weight is 328 g/mol. The molecule has 0 N–H and O–H groups in total. The van der Waals surface area contributed by atoms with Crippen LogP contribution in [0.25, 0.3) is 0 Å². The summed E-state index contributed by atoms with van der Waals surface area (Å²) in [4.78, 5) is 18.3. The third kappa shape index (κ3) is 3.11. The smallest absolute Gasteiger partial charge is 0.356 e. The van der Waals surface area contributed by atoms with Gasteiger partial charge in [0.2, 0.25) is 0 Å². The van der Waals surface area contributed by atoms with E-state index in [4.69, 9.17) is 4.74 Å². The fourth-order valence-electron chi connectivity index (χ4n) is 3.25. The van der Waals surface area contributed by atoms with E-state index >= 15 is 0 Å². The number of benzene rings is 1. The predicted octanol–water partition coefficient (Wildman–Crippen LogP) is 3.83. The predicted molar refractivity (Wildman–Crippen MR) is 90.8 cm³/mol. The highest BCUT2D eigenvalue weighted by molar-refractivity contribution is 5.87. The third-order valence-corrected chi connectivity index (χ3v) is 4.41. The van der Waals surface area contributed by atoms with Gasteiger partial charge < -0.3 is 9.64 Å². The number of esters is 1. The zero-order valence-electron chi connectivity index (χ0n) is 14.2. The number of carbonyl (C=O) groups is 1. The second-order valence-electron chi connectivity index (χ2n) is 6.09. The monoisotopic (exact) mass is 328 g/mol. The zero-order chi connectivity index (χ0) is 17.3. The lowest BCUT2D eigenvalue weighted by Gasteiger charge is -2.37. The second-order valence-corrected chi connectivity index (χ2v) is 6.09. The standard InChI is InChI=1S/C19H21FN2O2/c1-4-24-19(23)18-9-14-5-6-22(13(3)17(14)11-21-18)16-8-12(2)7-15(20)10-16/h7-11,13H,4-6H2,1-3H3/t13-/m1/s1. The Hall–Kier alpha value is -2.43. The summed E-state index contributed by atoms with van der Waals surface area (Å²) in [6.45, 7) is 6.84. The van der Waals surface area contributed by atoms with Crippen LogP contribution in [0.15, 0.2) is 30.5 Å². The van der Waals surface area contributed by atoms with E-state index in [1.165, 1.54) is 6.07 Å². The van der Waals surface area contributed by atoms with Gasteiger partial charge >= 0.3 is 5.97 Å². The van der Waals surface area contributed by atoms with E-state index < -0.39 is 5.97 Å². The molecule has 1 aromatic heterocycles. The lowest BCUT2D eigenvalue weighted by Crippen LogP contribution is -2.34. The number of hydrogen-bond donors (Lipinski definition) is 0. The first-order valence-corrected chi connectivity index (χ1v) is 8.19. The molecule has 1 atom stereocenters. The van der Waals surface area contributed by atoms with Gasteiger partial charge in [0.15, 0.2) is 0 Å². The molecule has 0 spiro atoms. The molecular formula is C19H21FN2O2. The van der Waals surface area contributed by atoms with Crippen LogP contribution in [-0.4, -0.2) is 24.1 Å². The van der Waals surface area contributed by atoms with E-state index in [0.29, 0.717) is 12.3 Å². The Bertz CT molecular complexity index is 756. The van der Waals surface area contributed by atoms with Crippen molar-refractivity contribution in [3.8, 4) is 0 Å². The highest BCUT2D eigenvalue weighted by Crippen LogP contribution is 2.34. The third-order valence-electron chi connectivity index (χ3n) is 4.41. The van der Waals surface area contributed by atoms with Crippen LogP contribution >= 0.6 is 0 Å². The molecular weight excluding hydrogens is 307 g/mol. The van der Waals surface area contributed by atoms with Crippen LogP contribution in [0.5, 0.6) is 0 Å². The van der Waals surface area contributed by atoms with Crippen molar-refractivity contribution < 1.29 is 13.9 Å². The van der Waals surface area contributed by atoms with Crippen molar-refractivity contribution in [3.05, 3.63) is 58.7 Å². The van der Waals surface area contributed by atoms with Gasteiger partial charge in [-0.3, -0.25) is 0 Å². The normalized spacial score (nSPS) is 16.7. The van der Waals surface area contributed by atoms with Crippen molar-refractivity contribution in [1.82, 2.24) is 4.98 Å². The minimum Gasteiger partial charge on any atom is -0.461 e. The molecule has 2 heterocycles. The van der Waals surface area contributed by atoms with Gasteiger partial charge in [0.05, 0.1) is 12.6 Å². The first kappa shape index (κ1) is 16.4. The van der Waals surface area contributed by atoms with E-state index in [-0.39, 0.29) is 11.9 Å². The van der Waals surface area contributed by atoms with Crippen LogP contribution in [0.2, 0.25) is 0 Å². The Morgan fingerprint density at radius 1 is 1.38 bits per heavy atom. The molecule has 126 valence electrons. The van der Waals surface area contributed by atoms with Crippen molar-refractivity contribution in [2.24, 2.45) is 0 Å². The molecule has 5 heteroatoms. The summed E-state index contributed by atoms with van der Waals surface area (Å²) in [6.07, 6.45) is 2.52. The van der Waals surface area contributed by atoms with Crippen LogP contribution in [0.4, 0.5) is 10.1 Å². The quantitative estimate of drug-likeness (QED) is 0.803. The minimum absolute atomic E-state index is 0.0682. The van der Waals surface area contributed by atoms with Crippen molar-refractivity contribution in [1.29, 1.82) is 0 Å². The number of hydrogen-bond acceptors (Lipinski definition) is 4. The largest absolute Gasteiger partial charge is 0.461 e. The maximum Gasteiger partial charge on any atom is 0.356 e. The topological polar surface area (TPSA) is 42.4 Å². The number of aryl methyl sites for hydroxylation is 1. The highest BCUT2D eigenvalue weighted by atomic mass is 19.1. The molecule has 4 nitrogen and oxygen atoms in total. The lowest BCUT2D eigenvalue weighted by molar-refractivity contribution is 0.0519. The Balaban J connectivity index is 1.90. The molecule has 0 saturated carbocycles. The molecule has 0 saturated heterocycles. The number of halogens is 1. The summed E-state index contributed by atoms with van der Waals surface area (Å²) in [5.74, 6) is -0.616. The molecule has 3 rings (SSSR count). The summed E-state index contributed by atoms with van der Waals surface area (Å²) >= 11 is 0. The van der Waals surface area contributed by atoms with Crippen LogP contribution in [0, 0.1) is 12.7 Å². The number of ether oxygens (including phenoxy) is 1. The Labute approximate surface area is 141 Å². The Morgan fingerprint density at radius 2 is 2.17 bits per heavy atom. The second kappa shape index (κ2) is 6.59. The van der Waals surface area contributed by atoms with E-state index in [1.807, 2.05) is 19.1 Å². The van der Waals surface area contributed by atoms with Gasteiger partial charge in [-0.25, -0.2) is 14.2 Å². The number of rotatable bonds is 3. The fraction of sp³-hybridized carbons (Fsp3) is 0.368. The summed E-state index contributed by atoms with van der Waals surface area (Å²) < 4.78 is 18.7. The molecule has 0 fully saturated rings. The number of aromatic nitrogens is 1. The molecule has 0 unspecified atom stereocenters. The van der Waals surface area contributed by atoms with Crippen LogP contribution in [0.3, 0.4) is 0 Å². The number of nitrogens with zero attached hydrogens (tertiary/aromatic N) is 2. The summed E-state index contributed by atoms with van der Waals surface area (Å²) in [6, 6.07) is 6.97. The summed E-state index contributed by atoms with van der Waals surface area (Å²) in [5, 5.41) is 0. The molecule has 24 heavy (non-hydrogen) atoms. The number of carbonyl (C=O) groups excluding carboxylic acids is 1. The lowest BCUT2D eigenvalue weighted by atomic mass is 9.94. The van der Waals surface area contributed by atoms with Crippen molar-refractivity contribution >= 4 is 11.7 Å². The van der Waals surface area contributed by atoms with E-state index in [9.17, 15) is 9.18 Å². The Kier molecular flexibility index (Phi) is 4.51. The van der Waals surface area contributed by atoms with Gasteiger partial charge in [0.25, 0.3) is 0 Å². The van der Waals surface area contributed by atoms with E-state index in [1.54, 1.807) is 19.2 Å². The molecule has 2 aromatic rings. The molecule has 0 aliphatic carbocycles. The van der Waals surface area contributed by atoms with Crippen LogP contribution < -0.4 is 4.90 Å². The summed E-state index contributed by atoms with van der Waals surface area (Å²) in [7, 11) is 0.